The molecule has 2 heteroatoms. The van der Waals surface area contributed by atoms with Crippen LogP contribution in [0.2, 0.25) is 0 Å². The molecule has 0 aromatic heterocycles. The van der Waals surface area contributed by atoms with E-state index >= 15 is 0 Å². The highest BCUT2D eigenvalue weighted by Crippen LogP contribution is 2.35. The van der Waals surface area contributed by atoms with Crippen molar-refractivity contribution in [3.63, 3.8) is 0 Å². The lowest BCUT2D eigenvalue weighted by Gasteiger charge is -2.10. The third-order valence-electron chi connectivity index (χ3n) is 2.29. The zero-order valence-electron chi connectivity index (χ0n) is 6.00. The molecular formula is C7H13NO. The lowest BCUT2D eigenvalue weighted by atomic mass is 10.4. The van der Waals surface area contributed by atoms with Crippen LogP contribution in [0.1, 0.15) is 13.8 Å². The fourth-order valence-corrected chi connectivity index (χ4v) is 1.83. The average molecular weight is 127 g/mol. The number of hydrogen-bond acceptors (Lipinski definition) is 2. The van der Waals surface area contributed by atoms with Gasteiger partial charge in [0.15, 0.2) is 0 Å². The third-order valence-corrected chi connectivity index (χ3v) is 2.29. The summed E-state index contributed by atoms with van der Waals surface area (Å²) in [7, 11) is 0. The van der Waals surface area contributed by atoms with Gasteiger partial charge in [-0.25, -0.2) is 0 Å². The molecule has 2 aliphatic rings. The number of fused-ring (bicyclic) bond motifs is 1. The topological polar surface area (TPSA) is 12.2 Å². The van der Waals surface area contributed by atoms with Crippen LogP contribution in [0.5, 0.6) is 0 Å². The van der Waals surface area contributed by atoms with Crippen LogP contribution >= 0.6 is 0 Å². The van der Waals surface area contributed by atoms with E-state index in [1.54, 1.807) is 0 Å². The molecular weight excluding hydrogens is 114 g/mol. The standard InChI is InChI=1S/C7H13NO/c1-5(2)8-6-3-9-4-7(6)8/h5-7H,3-4H2,1-2H3. The quantitative estimate of drug-likeness (QED) is 0.475. The van der Waals surface area contributed by atoms with Crippen molar-refractivity contribution < 1.29 is 4.74 Å². The van der Waals surface area contributed by atoms with Crippen molar-refractivity contribution in [1.29, 1.82) is 0 Å². The molecule has 2 fully saturated rings. The van der Waals surface area contributed by atoms with Gasteiger partial charge in [0.05, 0.1) is 25.3 Å². The zero-order valence-corrected chi connectivity index (χ0v) is 6.00. The Morgan fingerprint density at radius 2 is 1.89 bits per heavy atom. The van der Waals surface area contributed by atoms with E-state index in [4.69, 9.17) is 4.74 Å². The molecule has 2 aliphatic heterocycles. The molecule has 9 heavy (non-hydrogen) atoms. The molecule has 2 unspecified atom stereocenters. The largest absolute Gasteiger partial charge is 0.378 e. The molecule has 2 nitrogen and oxygen atoms in total. The van der Waals surface area contributed by atoms with E-state index in [9.17, 15) is 0 Å². The summed E-state index contributed by atoms with van der Waals surface area (Å²) in [6, 6.07) is 2.29. The number of nitrogens with zero attached hydrogens (tertiary/aromatic N) is 1. The van der Waals surface area contributed by atoms with Crippen LogP contribution in [0.25, 0.3) is 0 Å². The van der Waals surface area contributed by atoms with Gasteiger partial charge in [-0.3, -0.25) is 4.90 Å². The minimum Gasteiger partial charge on any atom is -0.378 e. The molecule has 2 heterocycles. The van der Waals surface area contributed by atoms with Gasteiger partial charge < -0.3 is 4.74 Å². The van der Waals surface area contributed by atoms with Gasteiger partial charge in [-0.05, 0) is 13.8 Å². The molecule has 0 aromatic rings. The first kappa shape index (κ1) is 5.69. The van der Waals surface area contributed by atoms with Crippen molar-refractivity contribution in [2.24, 2.45) is 0 Å². The molecule has 2 rings (SSSR count). The maximum Gasteiger partial charge on any atom is 0.0639 e. The highest BCUT2D eigenvalue weighted by Gasteiger charge is 2.52. The van der Waals surface area contributed by atoms with E-state index in [0.29, 0.717) is 0 Å². The van der Waals surface area contributed by atoms with Gasteiger partial charge in [-0.1, -0.05) is 0 Å². The van der Waals surface area contributed by atoms with Crippen LogP contribution in [-0.4, -0.2) is 36.2 Å². The van der Waals surface area contributed by atoms with E-state index in [2.05, 4.69) is 18.7 Å². The summed E-state index contributed by atoms with van der Waals surface area (Å²) in [5.41, 5.74) is 0. The molecule has 0 saturated carbocycles. The highest BCUT2D eigenvalue weighted by molar-refractivity contribution is 5.06. The summed E-state index contributed by atoms with van der Waals surface area (Å²) in [6.07, 6.45) is 0. The van der Waals surface area contributed by atoms with Gasteiger partial charge >= 0.3 is 0 Å². The number of morpholine rings is 1. The zero-order chi connectivity index (χ0) is 6.43. The molecule has 0 spiro atoms. The first-order chi connectivity index (χ1) is 4.30. The van der Waals surface area contributed by atoms with Gasteiger partial charge in [-0.2, -0.15) is 0 Å². The average Bonchev–Trinajstić information content (AvgIpc) is 2.30. The lowest BCUT2D eigenvalue weighted by molar-refractivity contribution is 0.128. The summed E-state index contributed by atoms with van der Waals surface area (Å²) in [5.74, 6) is 0. The number of ether oxygens (including phenoxy) is 1. The Labute approximate surface area is 55.8 Å². The summed E-state index contributed by atoms with van der Waals surface area (Å²) >= 11 is 0. The summed E-state index contributed by atoms with van der Waals surface area (Å²) < 4.78 is 5.25. The molecule has 0 amide bonds. The van der Waals surface area contributed by atoms with Gasteiger partial charge in [0.1, 0.15) is 0 Å². The van der Waals surface area contributed by atoms with Crippen molar-refractivity contribution in [2.75, 3.05) is 13.2 Å². The fraction of sp³-hybridized carbons (Fsp3) is 1.00. The Kier molecular flexibility index (Phi) is 1.08. The monoisotopic (exact) mass is 127 g/mol. The SMILES string of the molecule is CC(C)N1C2COCC21. The van der Waals surface area contributed by atoms with Gasteiger partial charge in [0.2, 0.25) is 0 Å². The van der Waals surface area contributed by atoms with Crippen molar-refractivity contribution in [2.45, 2.75) is 32.0 Å². The Hall–Kier alpha value is -0.0800. The molecule has 0 aromatic carbocycles. The second kappa shape index (κ2) is 1.70. The Morgan fingerprint density at radius 1 is 1.33 bits per heavy atom. The minimum atomic E-state index is 0.726. The molecule has 0 bridgehead atoms. The maximum atomic E-state index is 5.25. The number of hydrogen-bond donors (Lipinski definition) is 0. The highest BCUT2D eigenvalue weighted by atomic mass is 16.5. The predicted octanol–water partition coefficient (Wildman–Crippen LogP) is 0.478. The Balaban J connectivity index is 1.94. The first-order valence-corrected chi connectivity index (χ1v) is 3.66. The second-order valence-electron chi connectivity index (χ2n) is 3.21. The van der Waals surface area contributed by atoms with E-state index in [-0.39, 0.29) is 0 Å². The molecule has 2 saturated heterocycles. The van der Waals surface area contributed by atoms with Crippen LogP contribution in [0.3, 0.4) is 0 Å². The molecule has 52 valence electrons. The predicted molar refractivity (Wildman–Crippen MR) is 35.4 cm³/mol. The molecule has 2 atom stereocenters. The van der Waals surface area contributed by atoms with Crippen LogP contribution in [0.15, 0.2) is 0 Å². The molecule has 0 aliphatic carbocycles. The van der Waals surface area contributed by atoms with Crippen molar-refractivity contribution in [3.05, 3.63) is 0 Å². The second-order valence-corrected chi connectivity index (χ2v) is 3.21. The summed E-state index contributed by atoms with van der Waals surface area (Å²) in [6.45, 7) is 6.45. The van der Waals surface area contributed by atoms with Crippen molar-refractivity contribution in [3.8, 4) is 0 Å². The lowest BCUT2D eigenvalue weighted by Crippen LogP contribution is -2.19. The number of rotatable bonds is 1. The van der Waals surface area contributed by atoms with E-state index in [1.165, 1.54) is 0 Å². The first-order valence-electron chi connectivity index (χ1n) is 3.66. The van der Waals surface area contributed by atoms with E-state index in [0.717, 1.165) is 31.3 Å². The molecule has 0 N–H and O–H groups in total. The van der Waals surface area contributed by atoms with Crippen LogP contribution in [0, 0.1) is 0 Å². The summed E-state index contributed by atoms with van der Waals surface area (Å²) in [4.78, 5) is 2.52. The van der Waals surface area contributed by atoms with Crippen molar-refractivity contribution in [1.82, 2.24) is 4.90 Å². The van der Waals surface area contributed by atoms with Gasteiger partial charge in [0.25, 0.3) is 0 Å². The van der Waals surface area contributed by atoms with Crippen LogP contribution < -0.4 is 0 Å². The molecule has 0 radical (unpaired) electrons. The van der Waals surface area contributed by atoms with Gasteiger partial charge in [0, 0.05) is 6.04 Å². The van der Waals surface area contributed by atoms with Gasteiger partial charge in [-0.15, -0.1) is 0 Å². The minimum absolute atomic E-state index is 0.726. The smallest absolute Gasteiger partial charge is 0.0639 e. The third kappa shape index (κ3) is 0.700. The Bertz CT molecular complexity index is 114. The summed E-state index contributed by atoms with van der Waals surface area (Å²) in [5, 5.41) is 0. The van der Waals surface area contributed by atoms with E-state index < -0.39 is 0 Å². The fourth-order valence-electron chi connectivity index (χ4n) is 1.83. The van der Waals surface area contributed by atoms with E-state index in [1.807, 2.05) is 0 Å². The van der Waals surface area contributed by atoms with Crippen LogP contribution in [-0.2, 0) is 4.74 Å². The van der Waals surface area contributed by atoms with Crippen LogP contribution in [0.4, 0.5) is 0 Å². The normalized spacial score (nSPS) is 47.7. The maximum absolute atomic E-state index is 5.25. The van der Waals surface area contributed by atoms with Crippen molar-refractivity contribution >= 4 is 0 Å². The Morgan fingerprint density at radius 3 is 2.22 bits per heavy atom.